The summed E-state index contributed by atoms with van der Waals surface area (Å²) in [5.41, 5.74) is 8.37. The van der Waals surface area contributed by atoms with E-state index in [-0.39, 0.29) is 6.04 Å². The van der Waals surface area contributed by atoms with Gasteiger partial charge in [-0.15, -0.1) is 0 Å². The van der Waals surface area contributed by atoms with Crippen molar-refractivity contribution in [3.8, 4) is 0 Å². The van der Waals surface area contributed by atoms with Crippen LogP contribution in [-0.2, 0) is 6.42 Å². The number of rotatable bonds is 3. The largest absolute Gasteiger partial charge is 0.324 e. The predicted octanol–water partition coefficient (Wildman–Crippen LogP) is 5.00. The summed E-state index contributed by atoms with van der Waals surface area (Å²) in [4.78, 5) is 0. The second-order valence-corrected chi connectivity index (χ2v) is 5.75. The standard InChI is InChI=1S/C14H12BrCl2N/c15-11-4-2-1-3-10(11)14(18)8-9-5-6-12(16)13(17)7-9/h1-7,14H,8,18H2. The molecule has 0 fully saturated rings. The summed E-state index contributed by atoms with van der Waals surface area (Å²) in [5.74, 6) is 0. The molecule has 0 radical (unpaired) electrons. The molecule has 0 amide bonds. The molecule has 2 rings (SSSR count). The second-order valence-electron chi connectivity index (χ2n) is 4.08. The molecule has 0 heterocycles. The Morgan fingerprint density at radius 3 is 2.44 bits per heavy atom. The molecular formula is C14H12BrCl2N. The third-order valence-electron chi connectivity index (χ3n) is 2.74. The van der Waals surface area contributed by atoms with E-state index in [2.05, 4.69) is 15.9 Å². The molecule has 4 heteroatoms. The third-order valence-corrected chi connectivity index (χ3v) is 4.21. The minimum absolute atomic E-state index is 0.0715. The highest BCUT2D eigenvalue weighted by Crippen LogP contribution is 2.27. The lowest BCUT2D eigenvalue weighted by atomic mass is 10.00. The lowest BCUT2D eigenvalue weighted by molar-refractivity contribution is 0.718. The van der Waals surface area contributed by atoms with Crippen molar-refractivity contribution in [3.63, 3.8) is 0 Å². The van der Waals surface area contributed by atoms with E-state index >= 15 is 0 Å². The summed E-state index contributed by atoms with van der Waals surface area (Å²) >= 11 is 15.4. The minimum Gasteiger partial charge on any atom is -0.324 e. The molecule has 1 nitrogen and oxygen atoms in total. The van der Waals surface area contributed by atoms with Crippen molar-refractivity contribution in [2.24, 2.45) is 5.73 Å². The van der Waals surface area contributed by atoms with Crippen molar-refractivity contribution >= 4 is 39.1 Å². The van der Waals surface area contributed by atoms with Gasteiger partial charge in [-0.05, 0) is 35.7 Å². The van der Waals surface area contributed by atoms with Crippen molar-refractivity contribution in [1.82, 2.24) is 0 Å². The maximum Gasteiger partial charge on any atom is 0.0595 e. The van der Waals surface area contributed by atoms with Crippen LogP contribution in [0, 0.1) is 0 Å². The molecule has 0 saturated carbocycles. The molecule has 0 bridgehead atoms. The van der Waals surface area contributed by atoms with Crippen LogP contribution < -0.4 is 5.73 Å². The van der Waals surface area contributed by atoms with Crippen molar-refractivity contribution < 1.29 is 0 Å². The van der Waals surface area contributed by atoms with Gasteiger partial charge in [0.2, 0.25) is 0 Å². The Balaban J connectivity index is 2.19. The summed E-state index contributed by atoms with van der Waals surface area (Å²) < 4.78 is 1.03. The van der Waals surface area contributed by atoms with Gasteiger partial charge >= 0.3 is 0 Å². The average molecular weight is 345 g/mol. The molecule has 0 aliphatic rings. The highest BCUT2D eigenvalue weighted by molar-refractivity contribution is 9.10. The molecular weight excluding hydrogens is 333 g/mol. The zero-order valence-electron chi connectivity index (χ0n) is 9.54. The first kappa shape index (κ1) is 13.9. The van der Waals surface area contributed by atoms with E-state index in [9.17, 15) is 0 Å². The Kier molecular flexibility index (Phi) is 4.68. The van der Waals surface area contributed by atoms with E-state index in [1.807, 2.05) is 36.4 Å². The first-order chi connectivity index (χ1) is 8.58. The van der Waals surface area contributed by atoms with Gasteiger partial charge in [0.1, 0.15) is 0 Å². The smallest absolute Gasteiger partial charge is 0.0595 e. The van der Waals surface area contributed by atoms with Crippen LogP contribution in [0.3, 0.4) is 0 Å². The first-order valence-electron chi connectivity index (χ1n) is 5.52. The predicted molar refractivity (Wildman–Crippen MR) is 81.2 cm³/mol. The number of nitrogens with two attached hydrogens (primary N) is 1. The topological polar surface area (TPSA) is 26.0 Å². The van der Waals surface area contributed by atoms with Crippen molar-refractivity contribution in [1.29, 1.82) is 0 Å². The van der Waals surface area contributed by atoms with Gasteiger partial charge < -0.3 is 5.73 Å². The van der Waals surface area contributed by atoms with Crippen LogP contribution in [0.2, 0.25) is 10.0 Å². The van der Waals surface area contributed by atoms with Gasteiger partial charge in [-0.3, -0.25) is 0 Å². The summed E-state index contributed by atoms with van der Waals surface area (Å²) in [7, 11) is 0. The molecule has 0 aromatic heterocycles. The van der Waals surface area contributed by atoms with Crippen molar-refractivity contribution in [3.05, 3.63) is 68.1 Å². The first-order valence-corrected chi connectivity index (χ1v) is 7.07. The zero-order chi connectivity index (χ0) is 13.1. The number of hydrogen-bond donors (Lipinski definition) is 1. The second kappa shape index (κ2) is 6.07. The van der Waals surface area contributed by atoms with Gasteiger partial charge in [0.15, 0.2) is 0 Å². The zero-order valence-corrected chi connectivity index (χ0v) is 12.6. The van der Waals surface area contributed by atoms with Crippen LogP contribution >= 0.6 is 39.1 Å². The Labute approximate surface area is 125 Å². The monoisotopic (exact) mass is 343 g/mol. The van der Waals surface area contributed by atoms with E-state index < -0.39 is 0 Å². The van der Waals surface area contributed by atoms with Gasteiger partial charge in [-0.25, -0.2) is 0 Å². The van der Waals surface area contributed by atoms with E-state index in [0.29, 0.717) is 10.0 Å². The van der Waals surface area contributed by atoms with E-state index in [4.69, 9.17) is 28.9 Å². The molecule has 94 valence electrons. The van der Waals surface area contributed by atoms with Crippen LogP contribution in [0.25, 0.3) is 0 Å². The molecule has 1 atom stereocenters. The maximum absolute atomic E-state index is 6.21. The highest BCUT2D eigenvalue weighted by atomic mass is 79.9. The molecule has 2 aromatic rings. The van der Waals surface area contributed by atoms with E-state index in [1.54, 1.807) is 6.07 Å². The van der Waals surface area contributed by atoms with Crippen LogP contribution in [0.1, 0.15) is 17.2 Å². The molecule has 0 spiro atoms. The minimum atomic E-state index is -0.0715. The Morgan fingerprint density at radius 2 is 1.78 bits per heavy atom. The fourth-order valence-electron chi connectivity index (χ4n) is 1.81. The van der Waals surface area contributed by atoms with Crippen LogP contribution in [-0.4, -0.2) is 0 Å². The summed E-state index contributed by atoms with van der Waals surface area (Å²) in [6.45, 7) is 0. The Bertz CT molecular complexity index is 557. The van der Waals surface area contributed by atoms with E-state index in [1.165, 1.54) is 0 Å². The quantitative estimate of drug-likeness (QED) is 0.833. The fourth-order valence-corrected chi connectivity index (χ4v) is 2.71. The lowest BCUT2D eigenvalue weighted by Gasteiger charge is -2.14. The normalized spacial score (nSPS) is 12.4. The van der Waals surface area contributed by atoms with Gasteiger partial charge in [-0.2, -0.15) is 0 Å². The van der Waals surface area contributed by atoms with Gasteiger partial charge in [-0.1, -0.05) is 63.4 Å². The highest BCUT2D eigenvalue weighted by Gasteiger charge is 2.10. The summed E-state index contributed by atoms with van der Waals surface area (Å²) in [6.07, 6.45) is 0.722. The van der Waals surface area contributed by atoms with Gasteiger partial charge in [0.25, 0.3) is 0 Å². The van der Waals surface area contributed by atoms with Crippen LogP contribution in [0.5, 0.6) is 0 Å². The third kappa shape index (κ3) is 3.27. The molecule has 2 N–H and O–H groups in total. The number of halogens is 3. The van der Waals surface area contributed by atoms with E-state index in [0.717, 1.165) is 22.0 Å². The van der Waals surface area contributed by atoms with Crippen molar-refractivity contribution in [2.45, 2.75) is 12.5 Å². The van der Waals surface area contributed by atoms with Gasteiger partial charge in [0, 0.05) is 10.5 Å². The Hall–Kier alpha value is -0.540. The molecule has 0 aliphatic carbocycles. The molecule has 1 unspecified atom stereocenters. The maximum atomic E-state index is 6.21. The fraction of sp³-hybridized carbons (Fsp3) is 0.143. The van der Waals surface area contributed by atoms with Crippen molar-refractivity contribution in [2.75, 3.05) is 0 Å². The lowest BCUT2D eigenvalue weighted by Crippen LogP contribution is -2.13. The number of benzene rings is 2. The van der Waals surface area contributed by atoms with Crippen LogP contribution in [0.15, 0.2) is 46.9 Å². The average Bonchev–Trinajstić information content (AvgIpc) is 2.34. The molecule has 18 heavy (non-hydrogen) atoms. The molecule has 2 aromatic carbocycles. The summed E-state index contributed by atoms with van der Waals surface area (Å²) in [5, 5.41) is 1.13. The molecule has 0 aliphatic heterocycles. The Morgan fingerprint density at radius 1 is 1.06 bits per heavy atom. The summed E-state index contributed by atoms with van der Waals surface area (Å²) in [6, 6.07) is 13.5. The van der Waals surface area contributed by atoms with Crippen LogP contribution in [0.4, 0.5) is 0 Å². The molecule has 0 saturated heterocycles. The van der Waals surface area contributed by atoms with Gasteiger partial charge in [0.05, 0.1) is 10.0 Å². The SMILES string of the molecule is NC(Cc1ccc(Cl)c(Cl)c1)c1ccccc1Br. The number of hydrogen-bond acceptors (Lipinski definition) is 1.